The summed E-state index contributed by atoms with van der Waals surface area (Å²) in [6.45, 7) is 5.94. The van der Waals surface area contributed by atoms with Gasteiger partial charge < -0.3 is 9.80 Å². The van der Waals surface area contributed by atoms with Crippen molar-refractivity contribution in [3.8, 4) is 0 Å². The Labute approximate surface area is 148 Å². The molecule has 0 aliphatic carbocycles. The lowest BCUT2D eigenvalue weighted by Gasteiger charge is -2.30. The molecule has 2 aromatic heterocycles. The summed E-state index contributed by atoms with van der Waals surface area (Å²) in [5.74, 6) is 0.876. The van der Waals surface area contributed by atoms with Gasteiger partial charge in [-0.25, -0.2) is 19.9 Å². The van der Waals surface area contributed by atoms with E-state index < -0.39 is 0 Å². The first-order valence-electron chi connectivity index (χ1n) is 8.69. The Hall–Kier alpha value is -2.57. The van der Waals surface area contributed by atoms with Crippen LogP contribution in [0, 0.1) is 6.92 Å². The van der Waals surface area contributed by atoms with Crippen molar-refractivity contribution in [2.75, 3.05) is 18.0 Å². The Morgan fingerprint density at radius 3 is 2.80 bits per heavy atom. The minimum Gasteiger partial charge on any atom is -0.341 e. The quantitative estimate of drug-likeness (QED) is 0.847. The first kappa shape index (κ1) is 17.3. The second-order valence-electron chi connectivity index (χ2n) is 6.46. The zero-order valence-corrected chi connectivity index (χ0v) is 14.8. The number of nitrogens with zero attached hydrogens (tertiary/aromatic N) is 6. The van der Waals surface area contributed by atoms with Crippen LogP contribution in [-0.4, -0.2) is 49.9 Å². The van der Waals surface area contributed by atoms with E-state index in [2.05, 4.69) is 24.8 Å². The van der Waals surface area contributed by atoms with Crippen molar-refractivity contribution in [2.24, 2.45) is 0 Å². The van der Waals surface area contributed by atoms with Crippen LogP contribution in [0.4, 0.5) is 5.95 Å². The van der Waals surface area contributed by atoms with E-state index in [0.717, 1.165) is 49.6 Å². The SMILES string of the molecule is CC(=O)N(Cc1cncnc1)[C@@H]1CCCN(c2nccc(C)n2)CC1. The second kappa shape index (κ2) is 8.00. The van der Waals surface area contributed by atoms with Crippen LogP contribution in [0.15, 0.2) is 31.0 Å². The highest BCUT2D eigenvalue weighted by atomic mass is 16.2. The van der Waals surface area contributed by atoms with Crippen LogP contribution in [0.2, 0.25) is 0 Å². The fourth-order valence-corrected chi connectivity index (χ4v) is 3.28. The van der Waals surface area contributed by atoms with Gasteiger partial charge in [-0.1, -0.05) is 0 Å². The number of aryl methyl sites for hydroxylation is 1. The number of carbonyl (C=O) groups is 1. The molecule has 25 heavy (non-hydrogen) atoms. The highest BCUT2D eigenvalue weighted by molar-refractivity contribution is 5.73. The summed E-state index contributed by atoms with van der Waals surface area (Å²) in [6, 6.07) is 2.12. The number of anilines is 1. The molecule has 1 aliphatic rings. The third kappa shape index (κ3) is 4.49. The molecule has 3 heterocycles. The Morgan fingerprint density at radius 2 is 2.08 bits per heavy atom. The summed E-state index contributed by atoms with van der Waals surface area (Å²) in [4.78, 5) is 33.4. The topological polar surface area (TPSA) is 75.1 Å². The smallest absolute Gasteiger partial charge is 0.225 e. The van der Waals surface area contributed by atoms with Crippen molar-refractivity contribution in [3.05, 3.63) is 42.2 Å². The van der Waals surface area contributed by atoms with Gasteiger partial charge in [0, 0.05) is 62.4 Å². The molecule has 0 spiro atoms. The average Bonchev–Trinajstić information content (AvgIpc) is 2.86. The Kier molecular flexibility index (Phi) is 5.53. The van der Waals surface area contributed by atoms with Gasteiger partial charge in [0.2, 0.25) is 11.9 Å². The Morgan fingerprint density at radius 1 is 1.28 bits per heavy atom. The normalized spacial score (nSPS) is 17.8. The molecule has 1 saturated heterocycles. The molecule has 2 aromatic rings. The number of hydrogen-bond acceptors (Lipinski definition) is 6. The summed E-state index contributed by atoms with van der Waals surface area (Å²) in [7, 11) is 0. The summed E-state index contributed by atoms with van der Waals surface area (Å²) in [5, 5.41) is 0. The third-order valence-electron chi connectivity index (χ3n) is 4.57. The van der Waals surface area contributed by atoms with Gasteiger partial charge in [-0.3, -0.25) is 4.79 Å². The molecule has 7 heteroatoms. The van der Waals surface area contributed by atoms with E-state index in [0.29, 0.717) is 6.54 Å². The largest absolute Gasteiger partial charge is 0.341 e. The van der Waals surface area contributed by atoms with Crippen molar-refractivity contribution >= 4 is 11.9 Å². The number of carbonyl (C=O) groups excluding carboxylic acids is 1. The monoisotopic (exact) mass is 340 g/mol. The van der Waals surface area contributed by atoms with Gasteiger partial charge >= 0.3 is 0 Å². The molecule has 0 unspecified atom stereocenters. The molecule has 132 valence electrons. The first-order valence-corrected chi connectivity index (χ1v) is 8.69. The van der Waals surface area contributed by atoms with Crippen LogP contribution < -0.4 is 4.90 Å². The summed E-state index contributed by atoms with van der Waals surface area (Å²) >= 11 is 0. The maximum Gasteiger partial charge on any atom is 0.225 e. The van der Waals surface area contributed by atoms with Gasteiger partial charge in [0.1, 0.15) is 6.33 Å². The van der Waals surface area contributed by atoms with E-state index in [1.165, 1.54) is 6.33 Å². The average molecular weight is 340 g/mol. The summed E-state index contributed by atoms with van der Waals surface area (Å²) in [5.41, 5.74) is 1.93. The van der Waals surface area contributed by atoms with Gasteiger partial charge in [0.15, 0.2) is 0 Å². The van der Waals surface area contributed by atoms with E-state index in [4.69, 9.17) is 0 Å². The van der Waals surface area contributed by atoms with Crippen LogP contribution >= 0.6 is 0 Å². The van der Waals surface area contributed by atoms with Crippen molar-refractivity contribution in [1.29, 1.82) is 0 Å². The number of hydrogen-bond donors (Lipinski definition) is 0. The fourth-order valence-electron chi connectivity index (χ4n) is 3.28. The Balaban J connectivity index is 1.68. The molecule has 7 nitrogen and oxygen atoms in total. The minimum atomic E-state index is 0.0918. The summed E-state index contributed by atoms with van der Waals surface area (Å²) in [6.07, 6.45) is 9.75. The van der Waals surface area contributed by atoms with Crippen LogP contribution in [0.5, 0.6) is 0 Å². The van der Waals surface area contributed by atoms with Crippen LogP contribution in [-0.2, 0) is 11.3 Å². The van der Waals surface area contributed by atoms with E-state index in [1.54, 1.807) is 25.5 Å². The lowest BCUT2D eigenvalue weighted by molar-refractivity contribution is -0.132. The molecule has 0 N–H and O–H groups in total. The van der Waals surface area contributed by atoms with Crippen LogP contribution in [0.3, 0.4) is 0 Å². The number of amides is 1. The van der Waals surface area contributed by atoms with E-state index >= 15 is 0 Å². The minimum absolute atomic E-state index is 0.0918. The molecule has 0 radical (unpaired) electrons. The van der Waals surface area contributed by atoms with Gasteiger partial charge in [0.05, 0.1) is 0 Å². The molecule has 0 bridgehead atoms. The first-order chi connectivity index (χ1) is 12.1. The molecule has 1 aliphatic heterocycles. The maximum absolute atomic E-state index is 12.2. The van der Waals surface area contributed by atoms with Crippen LogP contribution in [0.25, 0.3) is 0 Å². The van der Waals surface area contributed by atoms with Crippen LogP contribution in [0.1, 0.15) is 37.4 Å². The Bertz CT molecular complexity index is 708. The fraction of sp³-hybridized carbons (Fsp3) is 0.500. The molecule has 1 fully saturated rings. The highest BCUT2D eigenvalue weighted by Gasteiger charge is 2.25. The predicted octanol–water partition coefficient (Wildman–Crippen LogP) is 1.98. The highest BCUT2D eigenvalue weighted by Crippen LogP contribution is 2.21. The molecule has 0 aromatic carbocycles. The maximum atomic E-state index is 12.2. The molecule has 0 saturated carbocycles. The molecule has 1 atom stereocenters. The lowest BCUT2D eigenvalue weighted by Crippen LogP contribution is -2.39. The van der Waals surface area contributed by atoms with Crippen molar-refractivity contribution in [2.45, 2.75) is 45.7 Å². The zero-order valence-electron chi connectivity index (χ0n) is 14.8. The van der Waals surface area contributed by atoms with E-state index in [1.807, 2.05) is 17.9 Å². The molecule has 3 rings (SSSR count). The molecule has 1 amide bonds. The van der Waals surface area contributed by atoms with Crippen molar-refractivity contribution in [3.63, 3.8) is 0 Å². The van der Waals surface area contributed by atoms with E-state index in [-0.39, 0.29) is 11.9 Å². The van der Waals surface area contributed by atoms with Gasteiger partial charge in [-0.05, 0) is 32.3 Å². The lowest BCUT2D eigenvalue weighted by atomic mass is 10.1. The summed E-state index contributed by atoms with van der Waals surface area (Å²) < 4.78 is 0. The van der Waals surface area contributed by atoms with Gasteiger partial charge in [-0.15, -0.1) is 0 Å². The number of rotatable bonds is 4. The third-order valence-corrected chi connectivity index (χ3v) is 4.57. The zero-order chi connectivity index (χ0) is 17.6. The second-order valence-corrected chi connectivity index (χ2v) is 6.46. The van der Waals surface area contributed by atoms with Gasteiger partial charge in [-0.2, -0.15) is 0 Å². The number of aromatic nitrogens is 4. The van der Waals surface area contributed by atoms with E-state index in [9.17, 15) is 4.79 Å². The predicted molar refractivity (Wildman–Crippen MR) is 94.9 cm³/mol. The van der Waals surface area contributed by atoms with Crippen molar-refractivity contribution < 1.29 is 4.79 Å². The molecular weight excluding hydrogens is 316 g/mol. The molecular formula is C18H24N6O. The van der Waals surface area contributed by atoms with Gasteiger partial charge in [0.25, 0.3) is 0 Å². The van der Waals surface area contributed by atoms with Crippen molar-refractivity contribution in [1.82, 2.24) is 24.8 Å². The standard InChI is InChI=1S/C18H24N6O/c1-14-5-7-21-18(22-14)23-8-3-4-17(6-9-23)24(15(2)25)12-16-10-19-13-20-11-16/h5,7,10-11,13,17H,3-4,6,8-9,12H2,1-2H3/t17-/m1/s1.